The average molecular weight is 293 g/mol. The number of halogens is 1. The number of piperidine rings is 1. The molecule has 1 amide bonds. The Bertz CT molecular complexity index is 443. The summed E-state index contributed by atoms with van der Waals surface area (Å²) in [4.78, 5) is 14.0. The molecule has 0 bridgehead atoms. The number of benzene rings is 1. The number of carbonyl (C=O) groups is 1. The topological polar surface area (TPSA) is 44.4 Å². The van der Waals surface area contributed by atoms with Crippen LogP contribution in [0, 0.1) is 11.7 Å². The molecule has 1 atom stereocenters. The van der Waals surface area contributed by atoms with Crippen LogP contribution < -0.4 is 10.6 Å². The van der Waals surface area contributed by atoms with Gasteiger partial charge in [-0.05, 0) is 56.6 Å². The number of nitrogens with zero attached hydrogens (tertiary/aromatic N) is 1. The van der Waals surface area contributed by atoms with E-state index >= 15 is 0 Å². The lowest BCUT2D eigenvalue weighted by atomic mass is 9.99. The first-order valence-electron chi connectivity index (χ1n) is 7.54. The van der Waals surface area contributed by atoms with Gasteiger partial charge in [-0.3, -0.25) is 9.69 Å². The van der Waals surface area contributed by atoms with Crippen molar-refractivity contribution in [2.24, 2.45) is 5.92 Å². The molecule has 1 heterocycles. The summed E-state index contributed by atoms with van der Waals surface area (Å²) >= 11 is 0. The van der Waals surface area contributed by atoms with Crippen molar-refractivity contribution in [3.05, 3.63) is 35.6 Å². The quantitative estimate of drug-likeness (QED) is 0.833. The van der Waals surface area contributed by atoms with Crippen molar-refractivity contribution in [3.63, 3.8) is 0 Å². The van der Waals surface area contributed by atoms with Gasteiger partial charge in [0.2, 0.25) is 5.91 Å². The summed E-state index contributed by atoms with van der Waals surface area (Å²) in [7, 11) is 1.98. The van der Waals surface area contributed by atoms with E-state index in [4.69, 9.17) is 0 Å². The smallest absolute Gasteiger partial charge is 0.234 e. The van der Waals surface area contributed by atoms with Crippen molar-refractivity contribution in [1.82, 2.24) is 15.5 Å². The van der Waals surface area contributed by atoms with Crippen LogP contribution in [-0.4, -0.2) is 44.0 Å². The summed E-state index contributed by atoms with van der Waals surface area (Å²) in [5, 5.41) is 6.25. The Morgan fingerprint density at radius 2 is 2.19 bits per heavy atom. The lowest BCUT2D eigenvalue weighted by molar-refractivity contribution is -0.122. The maximum absolute atomic E-state index is 12.8. The number of amides is 1. The molecule has 2 N–H and O–H groups in total. The largest absolute Gasteiger partial charge is 0.351 e. The maximum Gasteiger partial charge on any atom is 0.234 e. The molecule has 1 unspecified atom stereocenters. The molecule has 5 heteroatoms. The maximum atomic E-state index is 12.8. The predicted octanol–water partition coefficient (Wildman–Crippen LogP) is 1.37. The highest BCUT2D eigenvalue weighted by molar-refractivity contribution is 5.77. The van der Waals surface area contributed by atoms with Crippen LogP contribution in [0.3, 0.4) is 0 Å². The molecule has 1 saturated heterocycles. The molecule has 0 aliphatic carbocycles. The molecule has 0 spiro atoms. The van der Waals surface area contributed by atoms with E-state index in [0.717, 1.165) is 25.2 Å². The Balaban J connectivity index is 1.67. The fourth-order valence-corrected chi connectivity index (χ4v) is 2.69. The van der Waals surface area contributed by atoms with Crippen LogP contribution in [-0.2, 0) is 11.3 Å². The summed E-state index contributed by atoms with van der Waals surface area (Å²) < 4.78 is 12.8. The standard InChI is InChI=1S/C16H24FN3O/c1-20(11-14-3-2-8-18-9-14)12-16(21)19-10-13-4-6-15(17)7-5-13/h4-7,14,18H,2-3,8-12H2,1H3,(H,19,21). The highest BCUT2D eigenvalue weighted by Gasteiger charge is 2.16. The van der Waals surface area contributed by atoms with Crippen molar-refractivity contribution in [3.8, 4) is 0 Å². The lowest BCUT2D eigenvalue weighted by Gasteiger charge is -2.27. The molecule has 1 aliphatic rings. The molecule has 1 aromatic carbocycles. The number of carbonyl (C=O) groups excluding carboxylic acids is 1. The molecule has 1 aliphatic heterocycles. The van der Waals surface area contributed by atoms with E-state index in [1.54, 1.807) is 12.1 Å². The second kappa shape index (κ2) is 8.10. The Morgan fingerprint density at radius 3 is 2.86 bits per heavy atom. The number of hydrogen-bond donors (Lipinski definition) is 2. The summed E-state index contributed by atoms with van der Waals surface area (Å²) in [5.41, 5.74) is 0.906. The third-order valence-corrected chi connectivity index (χ3v) is 3.79. The molecule has 116 valence electrons. The first kappa shape index (κ1) is 15.9. The van der Waals surface area contributed by atoms with E-state index in [-0.39, 0.29) is 11.7 Å². The predicted molar refractivity (Wildman–Crippen MR) is 81.3 cm³/mol. The summed E-state index contributed by atoms with van der Waals surface area (Å²) in [6, 6.07) is 6.19. The number of rotatable bonds is 6. The SMILES string of the molecule is CN(CC(=O)NCc1ccc(F)cc1)CC1CCCNC1. The zero-order chi connectivity index (χ0) is 15.1. The first-order chi connectivity index (χ1) is 10.1. The molecular weight excluding hydrogens is 269 g/mol. The third kappa shape index (κ3) is 5.81. The van der Waals surface area contributed by atoms with E-state index < -0.39 is 0 Å². The van der Waals surface area contributed by atoms with Crippen LogP contribution in [0.5, 0.6) is 0 Å². The van der Waals surface area contributed by atoms with Gasteiger partial charge in [0.05, 0.1) is 6.54 Å². The molecule has 0 radical (unpaired) electrons. The van der Waals surface area contributed by atoms with E-state index in [2.05, 4.69) is 15.5 Å². The summed E-state index contributed by atoms with van der Waals surface area (Å²) in [6.07, 6.45) is 2.45. The van der Waals surface area contributed by atoms with Gasteiger partial charge in [-0.15, -0.1) is 0 Å². The Hall–Kier alpha value is -1.46. The minimum Gasteiger partial charge on any atom is -0.351 e. The molecule has 2 rings (SSSR count). The molecule has 0 aromatic heterocycles. The number of likely N-dealkylation sites (N-methyl/N-ethyl adjacent to an activating group) is 1. The van der Waals surface area contributed by atoms with E-state index in [0.29, 0.717) is 19.0 Å². The molecular formula is C16H24FN3O. The zero-order valence-corrected chi connectivity index (χ0v) is 12.6. The Kier molecular flexibility index (Phi) is 6.14. The average Bonchev–Trinajstić information content (AvgIpc) is 2.47. The summed E-state index contributed by atoms with van der Waals surface area (Å²) in [5.74, 6) is 0.380. The van der Waals surface area contributed by atoms with Crippen LogP contribution in [0.4, 0.5) is 4.39 Å². The summed E-state index contributed by atoms with van der Waals surface area (Å²) in [6.45, 7) is 3.94. The Morgan fingerprint density at radius 1 is 1.43 bits per heavy atom. The number of hydrogen-bond acceptors (Lipinski definition) is 3. The third-order valence-electron chi connectivity index (χ3n) is 3.79. The van der Waals surface area contributed by atoms with Gasteiger partial charge in [-0.2, -0.15) is 0 Å². The molecule has 1 aromatic rings. The normalized spacial score (nSPS) is 18.7. The van der Waals surface area contributed by atoms with Gasteiger partial charge in [0.15, 0.2) is 0 Å². The second-order valence-corrected chi connectivity index (χ2v) is 5.81. The van der Waals surface area contributed by atoms with Gasteiger partial charge in [-0.1, -0.05) is 12.1 Å². The van der Waals surface area contributed by atoms with Crippen LogP contribution in [0.15, 0.2) is 24.3 Å². The van der Waals surface area contributed by atoms with Crippen LogP contribution in [0.2, 0.25) is 0 Å². The van der Waals surface area contributed by atoms with Crippen LogP contribution >= 0.6 is 0 Å². The van der Waals surface area contributed by atoms with Gasteiger partial charge in [0.1, 0.15) is 5.82 Å². The van der Waals surface area contributed by atoms with E-state index in [1.807, 2.05) is 7.05 Å². The van der Waals surface area contributed by atoms with Gasteiger partial charge in [0, 0.05) is 13.1 Å². The fourth-order valence-electron chi connectivity index (χ4n) is 2.69. The highest BCUT2D eigenvalue weighted by atomic mass is 19.1. The second-order valence-electron chi connectivity index (χ2n) is 5.81. The molecule has 4 nitrogen and oxygen atoms in total. The van der Waals surface area contributed by atoms with Crippen molar-refractivity contribution in [2.45, 2.75) is 19.4 Å². The van der Waals surface area contributed by atoms with Crippen molar-refractivity contribution in [1.29, 1.82) is 0 Å². The molecule has 21 heavy (non-hydrogen) atoms. The first-order valence-corrected chi connectivity index (χ1v) is 7.54. The highest BCUT2D eigenvalue weighted by Crippen LogP contribution is 2.10. The van der Waals surface area contributed by atoms with Crippen LogP contribution in [0.25, 0.3) is 0 Å². The van der Waals surface area contributed by atoms with Gasteiger partial charge >= 0.3 is 0 Å². The Labute approximate surface area is 125 Å². The number of nitrogens with one attached hydrogen (secondary N) is 2. The minimum absolute atomic E-state index is 0.00518. The lowest BCUT2D eigenvalue weighted by Crippen LogP contribution is -2.41. The fraction of sp³-hybridized carbons (Fsp3) is 0.562. The van der Waals surface area contributed by atoms with Gasteiger partial charge in [-0.25, -0.2) is 4.39 Å². The van der Waals surface area contributed by atoms with E-state index in [9.17, 15) is 9.18 Å². The molecule has 1 fully saturated rings. The zero-order valence-electron chi connectivity index (χ0n) is 12.6. The monoisotopic (exact) mass is 293 g/mol. The van der Waals surface area contributed by atoms with E-state index in [1.165, 1.54) is 25.0 Å². The van der Waals surface area contributed by atoms with Gasteiger partial charge < -0.3 is 10.6 Å². The van der Waals surface area contributed by atoms with Crippen LogP contribution in [0.1, 0.15) is 18.4 Å². The van der Waals surface area contributed by atoms with Crippen molar-refractivity contribution >= 4 is 5.91 Å². The van der Waals surface area contributed by atoms with Gasteiger partial charge in [0.25, 0.3) is 0 Å². The minimum atomic E-state index is -0.258. The van der Waals surface area contributed by atoms with Crippen molar-refractivity contribution in [2.75, 3.05) is 33.2 Å². The molecule has 0 saturated carbocycles. The van der Waals surface area contributed by atoms with Crippen molar-refractivity contribution < 1.29 is 9.18 Å².